The standard InChI is InChI=1S/C13H23N3O3.HI/c1-4-12(13(18)14-19)10(8-17)6-11-7-16(5-2)9-15(11)3;/h7,9-10,12,17H,4-6,8H2,1-3H3,(H-,14,18,19);1H. The summed E-state index contributed by atoms with van der Waals surface area (Å²) in [7, 11) is 1.95. The van der Waals surface area contributed by atoms with Crippen LogP contribution in [0.25, 0.3) is 0 Å². The third kappa shape index (κ3) is 4.71. The molecule has 1 aromatic heterocycles. The average Bonchev–Trinajstić information content (AvgIpc) is 2.78. The molecule has 7 heteroatoms. The fourth-order valence-corrected chi connectivity index (χ4v) is 2.40. The maximum atomic E-state index is 11.6. The highest BCUT2D eigenvalue weighted by atomic mass is 127. The van der Waals surface area contributed by atoms with E-state index in [4.69, 9.17) is 5.21 Å². The number of hydrogen-bond donors (Lipinski definition) is 3. The van der Waals surface area contributed by atoms with E-state index in [0.29, 0.717) is 12.8 Å². The van der Waals surface area contributed by atoms with Crippen LogP contribution >= 0.6 is 0 Å². The minimum Gasteiger partial charge on any atom is -1.00 e. The lowest BCUT2D eigenvalue weighted by molar-refractivity contribution is -0.693. The monoisotopic (exact) mass is 397 g/mol. The minimum absolute atomic E-state index is 0. The van der Waals surface area contributed by atoms with E-state index in [1.165, 1.54) is 0 Å². The van der Waals surface area contributed by atoms with Gasteiger partial charge in [-0.1, -0.05) is 6.92 Å². The molecule has 0 aromatic carbocycles. The molecule has 2 unspecified atom stereocenters. The summed E-state index contributed by atoms with van der Waals surface area (Å²) in [6.07, 6.45) is 5.19. The number of aromatic nitrogens is 2. The van der Waals surface area contributed by atoms with Crippen LogP contribution < -0.4 is 34.0 Å². The van der Waals surface area contributed by atoms with Crippen molar-refractivity contribution in [2.75, 3.05) is 6.61 Å². The summed E-state index contributed by atoms with van der Waals surface area (Å²) < 4.78 is 4.05. The van der Waals surface area contributed by atoms with Gasteiger partial charge in [-0.2, -0.15) is 0 Å². The summed E-state index contributed by atoms with van der Waals surface area (Å²) in [5.41, 5.74) is 2.75. The molecular weight excluding hydrogens is 373 g/mol. The van der Waals surface area contributed by atoms with E-state index in [9.17, 15) is 9.90 Å². The highest BCUT2D eigenvalue weighted by molar-refractivity contribution is 5.77. The number of aliphatic hydroxyl groups is 1. The summed E-state index contributed by atoms with van der Waals surface area (Å²) in [6, 6.07) is 0. The highest BCUT2D eigenvalue weighted by Crippen LogP contribution is 2.20. The molecule has 0 saturated carbocycles. The molecule has 0 radical (unpaired) electrons. The summed E-state index contributed by atoms with van der Waals surface area (Å²) >= 11 is 0. The van der Waals surface area contributed by atoms with Gasteiger partial charge in [0.05, 0.1) is 13.6 Å². The van der Waals surface area contributed by atoms with Crippen LogP contribution in [-0.2, 0) is 24.8 Å². The summed E-state index contributed by atoms with van der Waals surface area (Å²) in [5, 5.41) is 18.3. The minimum atomic E-state index is -0.431. The number of nitrogens with zero attached hydrogens (tertiary/aromatic N) is 2. The molecule has 1 amide bonds. The molecule has 1 heterocycles. The van der Waals surface area contributed by atoms with Gasteiger partial charge in [0.2, 0.25) is 12.2 Å². The van der Waals surface area contributed by atoms with E-state index in [1.807, 2.05) is 31.1 Å². The highest BCUT2D eigenvalue weighted by Gasteiger charge is 2.28. The van der Waals surface area contributed by atoms with Crippen molar-refractivity contribution in [3.63, 3.8) is 0 Å². The molecule has 0 aliphatic heterocycles. The topological polar surface area (TPSA) is 78.4 Å². The predicted octanol–water partition coefficient (Wildman–Crippen LogP) is -2.98. The summed E-state index contributed by atoms with van der Waals surface area (Å²) in [6.45, 7) is 4.73. The number of rotatable bonds is 7. The third-order valence-electron chi connectivity index (χ3n) is 3.62. The smallest absolute Gasteiger partial charge is 0.246 e. The lowest BCUT2D eigenvalue weighted by atomic mass is 9.86. The number of hydroxylamine groups is 1. The average molecular weight is 397 g/mol. The molecule has 0 aliphatic carbocycles. The van der Waals surface area contributed by atoms with Crippen LogP contribution in [0.5, 0.6) is 0 Å². The van der Waals surface area contributed by atoms with Crippen molar-refractivity contribution in [1.82, 2.24) is 10.0 Å². The van der Waals surface area contributed by atoms with Gasteiger partial charge in [-0.3, -0.25) is 10.0 Å². The molecule has 116 valence electrons. The van der Waals surface area contributed by atoms with Gasteiger partial charge in [0.25, 0.3) is 0 Å². The van der Waals surface area contributed by atoms with E-state index in [-0.39, 0.29) is 42.4 Å². The SMILES string of the molecule is CCC(C(=O)NO)C(CO)Cc1c[n+](CC)cn1C.[I-]. The van der Waals surface area contributed by atoms with Gasteiger partial charge in [-0.05, 0) is 13.3 Å². The van der Waals surface area contributed by atoms with Crippen LogP contribution in [0.3, 0.4) is 0 Å². The Kier molecular flexibility index (Phi) is 8.99. The summed E-state index contributed by atoms with van der Waals surface area (Å²) in [5.74, 6) is -1.02. The zero-order valence-corrected chi connectivity index (χ0v) is 14.4. The van der Waals surface area contributed by atoms with E-state index in [1.54, 1.807) is 5.48 Å². The first-order chi connectivity index (χ1) is 9.07. The van der Waals surface area contributed by atoms with E-state index in [2.05, 4.69) is 11.5 Å². The van der Waals surface area contributed by atoms with Crippen LogP contribution in [-0.4, -0.2) is 27.4 Å². The van der Waals surface area contributed by atoms with Crippen molar-refractivity contribution in [3.8, 4) is 0 Å². The molecule has 2 atom stereocenters. The molecule has 0 bridgehead atoms. The molecule has 1 aromatic rings. The van der Waals surface area contributed by atoms with Crippen molar-refractivity contribution >= 4 is 5.91 Å². The molecule has 0 fully saturated rings. The van der Waals surface area contributed by atoms with Crippen LogP contribution in [0.2, 0.25) is 0 Å². The Morgan fingerprint density at radius 2 is 2.15 bits per heavy atom. The fourth-order valence-electron chi connectivity index (χ4n) is 2.40. The Balaban J connectivity index is 0.00000361. The first kappa shape index (κ1) is 19.3. The largest absolute Gasteiger partial charge is 1.00 e. The second-order valence-corrected chi connectivity index (χ2v) is 4.81. The molecule has 20 heavy (non-hydrogen) atoms. The van der Waals surface area contributed by atoms with Crippen LogP contribution in [0.15, 0.2) is 12.5 Å². The molecule has 1 rings (SSSR count). The maximum Gasteiger partial charge on any atom is 0.246 e. The van der Waals surface area contributed by atoms with Crippen molar-refractivity contribution in [2.24, 2.45) is 18.9 Å². The quantitative estimate of drug-likeness (QED) is 0.199. The van der Waals surface area contributed by atoms with Gasteiger partial charge >= 0.3 is 0 Å². The maximum absolute atomic E-state index is 11.6. The second kappa shape index (κ2) is 9.30. The van der Waals surface area contributed by atoms with E-state index in [0.717, 1.165) is 12.2 Å². The van der Waals surface area contributed by atoms with Crippen molar-refractivity contribution < 1.29 is 43.7 Å². The Morgan fingerprint density at radius 1 is 1.50 bits per heavy atom. The van der Waals surface area contributed by atoms with Gasteiger partial charge in [0, 0.05) is 24.9 Å². The Bertz CT molecular complexity index is 423. The number of halogens is 1. The fraction of sp³-hybridized carbons (Fsp3) is 0.692. The second-order valence-electron chi connectivity index (χ2n) is 4.81. The van der Waals surface area contributed by atoms with Crippen molar-refractivity contribution in [1.29, 1.82) is 0 Å². The number of aliphatic hydroxyl groups excluding tert-OH is 1. The van der Waals surface area contributed by atoms with Crippen LogP contribution in [0.4, 0.5) is 0 Å². The number of hydrogen-bond acceptors (Lipinski definition) is 3. The van der Waals surface area contributed by atoms with Crippen molar-refractivity contribution in [3.05, 3.63) is 18.2 Å². The van der Waals surface area contributed by atoms with Gasteiger partial charge in [0.1, 0.15) is 11.9 Å². The van der Waals surface area contributed by atoms with E-state index < -0.39 is 5.91 Å². The first-order valence-corrected chi connectivity index (χ1v) is 6.66. The van der Waals surface area contributed by atoms with Gasteiger partial charge in [-0.15, -0.1) is 0 Å². The van der Waals surface area contributed by atoms with Gasteiger partial charge < -0.3 is 29.1 Å². The van der Waals surface area contributed by atoms with Crippen LogP contribution in [0, 0.1) is 11.8 Å². The lowest BCUT2D eigenvalue weighted by Crippen LogP contribution is -3.00. The lowest BCUT2D eigenvalue weighted by Gasteiger charge is -2.21. The molecule has 6 nitrogen and oxygen atoms in total. The normalized spacial score (nSPS) is 13.4. The van der Waals surface area contributed by atoms with Crippen LogP contribution in [0.1, 0.15) is 26.0 Å². The Labute approximate surface area is 136 Å². The Hall–Kier alpha value is -0.670. The zero-order chi connectivity index (χ0) is 14.4. The number of carbonyl (C=O) groups excluding carboxylic acids is 1. The Morgan fingerprint density at radius 3 is 2.55 bits per heavy atom. The van der Waals surface area contributed by atoms with Crippen molar-refractivity contribution in [2.45, 2.75) is 33.2 Å². The number of aryl methyl sites for hydroxylation is 2. The van der Waals surface area contributed by atoms with Gasteiger partial charge in [-0.25, -0.2) is 14.6 Å². The number of carbonyl (C=O) groups is 1. The summed E-state index contributed by atoms with van der Waals surface area (Å²) in [4.78, 5) is 11.6. The number of nitrogens with one attached hydrogen (secondary N) is 1. The number of amides is 1. The van der Waals surface area contributed by atoms with Gasteiger partial charge in [0.15, 0.2) is 0 Å². The molecule has 0 spiro atoms. The third-order valence-corrected chi connectivity index (χ3v) is 3.62. The number of imidazole rings is 1. The molecule has 0 aliphatic rings. The molecule has 0 saturated heterocycles. The first-order valence-electron chi connectivity index (χ1n) is 6.66. The zero-order valence-electron chi connectivity index (χ0n) is 12.2. The molecule has 3 N–H and O–H groups in total. The molecular formula is C13H24IN3O3. The van der Waals surface area contributed by atoms with E-state index >= 15 is 0 Å². The predicted molar refractivity (Wildman–Crippen MR) is 69.3 cm³/mol.